The third-order valence-electron chi connectivity index (χ3n) is 3.23. The zero-order valence-corrected chi connectivity index (χ0v) is 13.3. The van der Waals surface area contributed by atoms with Crippen LogP contribution in [0.4, 0.5) is 18.3 Å². The second-order valence-electron chi connectivity index (χ2n) is 4.87. The van der Waals surface area contributed by atoms with Crippen LogP contribution in [-0.2, 0) is 12.7 Å². The lowest BCUT2D eigenvalue weighted by Crippen LogP contribution is -2.45. The van der Waals surface area contributed by atoms with Gasteiger partial charge in [0.25, 0.3) is 0 Å². The Bertz CT molecular complexity index is 632. The summed E-state index contributed by atoms with van der Waals surface area (Å²) < 4.78 is 37.6. The Labute approximate surface area is 132 Å². The van der Waals surface area contributed by atoms with Gasteiger partial charge in [0, 0.05) is 26.2 Å². The zero-order valence-electron chi connectivity index (χ0n) is 11.7. The summed E-state index contributed by atoms with van der Waals surface area (Å²) in [5, 5.41) is 16.3. The van der Waals surface area contributed by atoms with E-state index in [0.29, 0.717) is 29.6 Å². The van der Waals surface area contributed by atoms with E-state index in [1.807, 2.05) is 11.8 Å². The standard InChI is InChI=1S/C11H13F3N6S2/c1-7-15-16-8(21-7)6-19-2-4-20(5-3-19)10-18-17-9(22-10)11(12,13)14/h2-6H2,1H3. The number of hydrogen-bond acceptors (Lipinski definition) is 8. The van der Waals surface area contributed by atoms with Gasteiger partial charge in [0.15, 0.2) is 0 Å². The van der Waals surface area contributed by atoms with Crippen molar-refractivity contribution in [2.45, 2.75) is 19.6 Å². The van der Waals surface area contributed by atoms with Gasteiger partial charge < -0.3 is 4.90 Å². The van der Waals surface area contributed by atoms with E-state index in [2.05, 4.69) is 25.3 Å². The van der Waals surface area contributed by atoms with E-state index < -0.39 is 11.2 Å². The maximum Gasteiger partial charge on any atom is 0.445 e. The molecule has 2 aromatic heterocycles. The first kappa shape index (κ1) is 15.6. The summed E-state index contributed by atoms with van der Waals surface area (Å²) in [5.74, 6) is 0. The van der Waals surface area contributed by atoms with Crippen molar-refractivity contribution < 1.29 is 13.2 Å². The normalized spacial score (nSPS) is 17.2. The van der Waals surface area contributed by atoms with Crippen LogP contribution in [0.2, 0.25) is 0 Å². The van der Waals surface area contributed by atoms with Crippen molar-refractivity contribution in [3.63, 3.8) is 0 Å². The number of halogens is 3. The number of alkyl halides is 3. The molecule has 0 amide bonds. The van der Waals surface area contributed by atoms with Crippen molar-refractivity contribution in [1.82, 2.24) is 25.3 Å². The van der Waals surface area contributed by atoms with Gasteiger partial charge in [-0.1, -0.05) is 11.3 Å². The second-order valence-corrected chi connectivity index (χ2v) is 7.09. The largest absolute Gasteiger partial charge is 0.445 e. The van der Waals surface area contributed by atoms with Gasteiger partial charge in [-0.15, -0.1) is 31.7 Å². The molecule has 3 heterocycles. The van der Waals surface area contributed by atoms with E-state index >= 15 is 0 Å². The van der Waals surface area contributed by atoms with E-state index in [-0.39, 0.29) is 0 Å². The van der Waals surface area contributed by atoms with Crippen LogP contribution in [-0.4, -0.2) is 51.5 Å². The molecule has 0 unspecified atom stereocenters. The maximum absolute atomic E-state index is 12.5. The van der Waals surface area contributed by atoms with Crippen LogP contribution in [0.15, 0.2) is 0 Å². The predicted octanol–water partition coefficient (Wildman–Crippen LogP) is 2.04. The van der Waals surface area contributed by atoms with E-state index in [1.165, 1.54) is 0 Å². The van der Waals surface area contributed by atoms with Crippen LogP contribution in [0.3, 0.4) is 0 Å². The van der Waals surface area contributed by atoms with Crippen LogP contribution in [0.25, 0.3) is 0 Å². The molecular weight excluding hydrogens is 337 g/mol. The number of hydrogen-bond donors (Lipinski definition) is 0. The summed E-state index contributed by atoms with van der Waals surface area (Å²) in [7, 11) is 0. The molecule has 0 saturated carbocycles. The molecule has 120 valence electrons. The molecule has 1 aliphatic rings. The summed E-state index contributed by atoms with van der Waals surface area (Å²) in [4.78, 5) is 4.05. The number of piperazine rings is 1. The molecular formula is C11H13F3N6S2. The lowest BCUT2D eigenvalue weighted by molar-refractivity contribution is -0.138. The highest BCUT2D eigenvalue weighted by Gasteiger charge is 2.36. The minimum atomic E-state index is -4.42. The quantitative estimate of drug-likeness (QED) is 0.844. The van der Waals surface area contributed by atoms with Gasteiger partial charge in [-0.05, 0) is 6.92 Å². The average molecular weight is 350 g/mol. The van der Waals surface area contributed by atoms with Crippen molar-refractivity contribution in [2.75, 3.05) is 31.1 Å². The first-order chi connectivity index (χ1) is 10.4. The van der Waals surface area contributed by atoms with Crippen molar-refractivity contribution >= 4 is 27.8 Å². The summed E-state index contributed by atoms with van der Waals surface area (Å²) in [6.07, 6.45) is -4.42. The average Bonchev–Trinajstić information content (AvgIpc) is 3.08. The number of nitrogens with zero attached hydrogens (tertiary/aromatic N) is 6. The van der Waals surface area contributed by atoms with Gasteiger partial charge in [-0.2, -0.15) is 13.2 Å². The molecule has 11 heteroatoms. The van der Waals surface area contributed by atoms with E-state index in [0.717, 1.165) is 29.6 Å². The molecule has 0 radical (unpaired) electrons. The zero-order chi connectivity index (χ0) is 15.7. The highest BCUT2D eigenvalue weighted by atomic mass is 32.1. The monoisotopic (exact) mass is 350 g/mol. The van der Waals surface area contributed by atoms with Gasteiger partial charge in [-0.25, -0.2) is 0 Å². The second kappa shape index (κ2) is 6.05. The van der Waals surface area contributed by atoms with E-state index in [4.69, 9.17) is 0 Å². The lowest BCUT2D eigenvalue weighted by atomic mass is 10.3. The predicted molar refractivity (Wildman–Crippen MR) is 77.0 cm³/mol. The van der Waals surface area contributed by atoms with Crippen molar-refractivity contribution in [1.29, 1.82) is 0 Å². The van der Waals surface area contributed by atoms with Crippen LogP contribution >= 0.6 is 22.7 Å². The Morgan fingerprint density at radius 3 is 2.27 bits per heavy atom. The van der Waals surface area contributed by atoms with Gasteiger partial charge in [0.2, 0.25) is 10.1 Å². The summed E-state index contributed by atoms with van der Waals surface area (Å²) in [5.41, 5.74) is 0. The molecule has 22 heavy (non-hydrogen) atoms. The van der Waals surface area contributed by atoms with Crippen LogP contribution in [0.1, 0.15) is 15.0 Å². The molecule has 1 saturated heterocycles. The Morgan fingerprint density at radius 2 is 1.73 bits per heavy atom. The first-order valence-electron chi connectivity index (χ1n) is 6.59. The topological polar surface area (TPSA) is 58.0 Å². The Hall–Kier alpha value is -1.33. The highest BCUT2D eigenvalue weighted by Crippen LogP contribution is 2.34. The fourth-order valence-electron chi connectivity index (χ4n) is 2.15. The van der Waals surface area contributed by atoms with Crippen LogP contribution < -0.4 is 4.90 Å². The van der Waals surface area contributed by atoms with Gasteiger partial charge in [-0.3, -0.25) is 4.90 Å². The SMILES string of the molecule is Cc1nnc(CN2CCN(c3nnc(C(F)(F)F)s3)CC2)s1. The molecule has 0 aromatic carbocycles. The first-order valence-corrected chi connectivity index (χ1v) is 8.22. The molecule has 2 aromatic rings. The number of rotatable bonds is 3. The lowest BCUT2D eigenvalue weighted by Gasteiger charge is -2.33. The minimum absolute atomic E-state index is 0.332. The molecule has 0 aliphatic carbocycles. The Kier molecular flexibility index (Phi) is 4.28. The summed E-state index contributed by atoms with van der Waals surface area (Å²) >= 11 is 2.16. The molecule has 1 aliphatic heterocycles. The molecule has 0 spiro atoms. The molecule has 3 rings (SSSR count). The number of aromatic nitrogens is 4. The van der Waals surface area contributed by atoms with Gasteiger partial charge in [0.05, 0.1) is 6.54 Å². The van der Waals surface area contributed by atoms with E-state index in [1.54, 1.807) is 11.3 Å². The summed E-state index contributed by atoms with van der Waals surface area (Å²) in [6, 6.07) is 0. The highest BCUT2D eigenvalue weighted by molar-refractivity contribution is 7.15. The van der Waals surface area contributed by atoms with Gasteiger partial charge in [0.1, 0.15) is 10.0 Å². The Morgan fingerprint density at radius 1 is 1.00 bits per heavy atom. The maximum atomic E-state index is 12.5. The van der Waals surface area contributed by atoms with Crippen molar-refractivity contribution in [3.8, 4) is 0 Å². The van der Waals surface area contributed by atoms with Crippen LogP contribution in [0, 0.1) is 6.92 Å². The van der Waals surface area contributed by atoms with Crippen LogP contribution in [0.5, 0.6) is 0 Å². The molecule has 0 N–H and O–H groups in total. The molecule has 6 nitrogen and oxygen atoms in total. The van der Waals surface area contributed by atoms with Crippen molar-refractivity contribution in [3.05, 3.63) is 15.0 Å². The fourth-order valence-corrected chi connectivity index (χ4v) is 3.66. The third kappa shape index (κ3) is 3.52. The number of aryl methyl sites for hydroxylation is 1. The molecule has 0 atom stereocenters. The smallest absolute Gasteiger partial charge is 0.344 e. The summed E-state index contributed by atoms with van der Waals surface area (Å²) in [6.45, 7) is 5.39. The fraction of sp³-hybridized carbons (Fsp3) is 0.636. The Balaban J connectivity index is 1.56. The van der Waals surface area contributed by atoms with Crippen molar-refractivity contribution in [2.24, 2.45) is 0 Å². The molecule has 1 fully saturated rings. The van der Waals surface area contributed by atoms with E-state index in [9.17, 15) is 13.2 Å². The molecule has 0 bridgehead atoms. The third-order valence-corrected chi connectivity index (χ3v) is 5.08. The minimum Gasteiger partial charge on any atom is -0.344 e. The number of anilines is 1. The van der Waals surface area contributed by atoms with Gasteiger partial charge >= 0.3 is 6.18 Å².